The van der Waals surface area contributed by atoms with Crippen molar-refractivity contribution in [2.75, 3.05) is 7.05 Å². The fraction of sp³-hybridized carbons (Fsp3) is 0.750. The fourth-order valence-electron chi connectivity index (χ4n) is 2.38. The van der Waals surface area contributed by atoms with Crippen molar-refractivity contribution in [2.24, 2.45) is 5.92 Å². The van der Waals surface area contributed by atoms with Crippen molar-refractivity contribution < 1.29 is 0 Å². The van der Waals surface area contributed by atoms with Gasteiger partial charge < -0.3 is 9.88 Å². The molecule has 2 rings (SSSR count). The van der Waals surface area contributed by atoms with E-state index in [0.29, 0.717) is 5.92 Å². The van der Waals surface area contributed by atoms with Gasteiger partial charge in [-0.05, 0) is 32.2 Å². The molecule has 1 aliphatic rings. The van der Waals surface area contributed by atoms with Crippen LogP contribution in [0.2, 0.25) is 0 Å². The Bertz CT molecular complexity index is 339. The van der Waals surface area contributed by atoms with Crippen LogP contribution in [0.4, 0.5) is 0 Å². The molecule has 1 aromatic rings. The summed E-state index contributed by atoms with van der Waals surface area (Å²) in [7, 11) is 1.98. The van der Waals surface area contributed by atoms with Crippen LogP contribution in [0.25, 0.3) is 0 Å². The Labute approximate surface area is 91.9 Å². The zero-order chi connectivity index (χ0) is 10.8. The van der Waals surface area contributed by atoms with Crippen LogP contribution < -0.4 is 5.32 Å². The molecule has 0 bridgehead atoms. The molecule has 0 aromatic carbocycles. The highest BCUT2D eigenvalue weighted by Crippen LogP contribution is 2.23. The molecule has 0 fully saturated rings. The van der Waals surface area contributed by atoms with E-state index in [-0.39, 0.29) is 0 Å². The predicted octanol–water partition coefficient (Wildman–Crippen LogP) is 1.75. The summed E-state index contributed by atoms with van der Waals surface area (Å²) >= 11 is 0. The molecule has 84 valence electrons. The van der Waals surface area contributed by atoms with E-state index in [2.05, 4.69) is 23.7 Å². The SMILES string of the molecule is CNCc1nc(CC(C)C)c2n1CCC2. The number of imidazole rings is 1. The Balaban J connectivity index is 2.27. The van der Waals surface area contributed by atoms with E-state index in [1.54, 1.807) is 0 Å². The van der Waals surface area contributed by atoms with Gasteiger partial charge in [-0.1, -0.05) is 13.8 Å². The molecule has 1 aliphatic heterocycles. The maximum absolute atomic E-state index is 4.76. The van der Waals surface area contributed by atoms with Gasteiger partial charge in [0.25, 0.3) is 0 Å². The quantitative estimate of drug-likeness (QED) is 0.815. The number of fused-ring (bicyclic) bond motifs is 1. The van der Waals surface area contributed by atoms with E-state index < -0.39 is 0 Å². The first kappa shape index (κ1) is 10.7. The number of nitrogens with zero attached hydrogens (tertiary/aromatic N) is 2. The van der Waals surface area contributed by atoms with Gasteiger partial charge in [0, 0.05) is 12.2 Å². The third kappa shape index (κ3) is 2.07. The summed E-state index contributed by atoms with van der Waals surface area (Å²) in [5, 5.41) is 3.20. The zero-order valence-electron chi connectivity index (χ0n) is 10.0. The molecule has 3 nitrogen and oxygen atoms in total. The molecule has 0 atom stereocenters. The van der Waals surface area contributed by atoms with Crippen LogP contribution in [0.5, 0.6) is 0 Å². The summed E-state index contributed by atoms with van der Waals surface area (Å²) in [6.07, 6.45) is 3.64. The Kier molecular flexibility index (Phi) is 3.10. The van der Waals surface area contributed by atoms with Gasteiger partial charge in [0.05, 0.1) is 12.2 Å². The molecule has 2 heterocycles. The van der Waals surface area contributed by atoms with Crippen molar-refractivity contribution in [3.8, 4) is 0 Å². The van der Waals surface area contributed by atoms with E-state index in [9.17, 15) is 0 Å². The van der Waals surface area contributed by atoms with E-state index in [4.69, 9.17) is 4.98 Å². The Morgan fingerprint density at radius 2 is 2.27 bits per heavy atom. The fourth-order valence-corrected chi connectivity index (χ4v) is 2.38. The van der Waals surface area contributed by atoms with Gasteiger partial charge in [0.2, 0.25) is 0 Å². The summed E-state index contributed by atoms with van der Waals surface area (Å²) in [5.74, 6) is 1.92. The average Bonchev–Trinajstić information content (AvgIpc) is 2.71. The van der Waals surface area contributed by atoms with Gasteiger partial charge in [-0.25, -0.2) is 4.98 Å². The zero-order valence-corrected chi connectivity index (χ0v) is 10.0. The van der Waals surface area contributed by atoms with Crippen molar-refractivity contribution in [3.05, 3.63) is 17.2 Å². The molecule has 0 saturated carbocycles. The van der Waals surface area contributed by atoms with Crippen molar-refractivity contribution in [1.29, 1.82) is 0 Å². The minimum absolute atomic E-state index is 0.702. The van der Waals surface area contributed by atoms with E-state index >= 15 is 0 Å². The summed E-state index contributed by atoms with van der Waals surface area (Å²) < 4.78 is 2.41. The van der Waals surface area contributed by atoms with Crippen LogP contribution in [-0.2, 0) is 25.9 Å². The van der Waals surface area contributed by atoms with Crippen LogP contribution in [-0.4, -0.2) is 16.6 Å². The minimum atomic E-state index is 0.702. The van der Waals surface area contributed by atoms with E-state index in [0.717, 1.165) is 19.5 Å². The van der Waals surface area contributed by atoms with Gasteiger partial charge in [0.1, 0.15) is 5.82 Å². The average molecular weight is 207 g/mol. The maximum atomic E-state index is 4.76. The molecule has 3 heteroatoms. The second-order valence-corrected chi connectivity index (χ2v) is 4.80. The number of hydrogen-bond donors (Lipinski definition) is 1. The van der Waals surface area contributed by atoms with Crippen LogP contribution >= 0.6 is 0 Å². The molecule has 15 heavy (non-hydrogen) atoms. The smallest absolute Gasteiger partial charge is 0.123 e. The first-order valence-electron chi connectivity index (χ1n) is 5.94. The van der Waals surface area contributed by atoms with Crippen LogP contribution in [0, 0.1) is 5.92 Å². The molecular formula is C12H21N3. The van der Waals surface area contributed by atoms with Gasteiger partial charge in [-0.2, -0.15) is 0 Å². The molecule has 0 amide bonds. The van der Waals surface area contributed by atoms with Gasteiger partial charge in [0.15, 0.2) is 0 Å². The lowest BCUT2D eigenvalue weighted by Crippen LogP contribution is -2.11. The molecule has 0 unspecified atom stereocenters. The lowest BCUT2D eigenvalue weighted by Gasteiger charge is -2.02. The Morgan fingerprint density at radius 1 is 1.47 bits per heavy atom. The first-order valence-corrected chi connectivity index (χ1v) is 5.94. The summed E-state index contributed by atoms with van der Waals surface area (Å²) in [6, 6.07) is 0. The monoisotopic (exact) mass is 207 g/mol. The molecule has 0 saturated heterocycles. The van der Waals surface area contributed by atoms with Gasteiger partial charge >= 0.3 is 0 Å². The summed E-state index contributed by atoms with van der Waals surface area (Å²) in [5.41, 5.74) is 2.83. The van der Waals surface area contributed by atoms with Gasteiger partial charge in [-0.3, -0.25) is 0 Å². The minimum Gasteiger partial charge on any atom is -0.331 e. The summed E-state index contributed by atoms with van der Waals surface area (Å²) in [6.45, 7) is 6.58. The molecule has 0 aliphatic carbocycles. The standard InChI is InChI=1S/C12H21N3/c1-9(2)7-10-11-5-4-6-15(11)12(14-10)8-13-3/h9,13H,4-8H2,1-3H3. The number of nitrogens with one attached hydrogen (secondary N) is 1. The second kappa shape index (κ2) is 4.35. The highest BCUT2D eigenvalue weighted by atomic mass is 15.1. The largest absolute Gasteiger partial charge is 0.331 e. The van der Waals surface area contributed by atoms with Crippen molar-refractivity contribution >= 4 is 0 Å². The van der Waals surface area contributed by atoms with Crippen LogP contribution in [0.3, 0.4) is 0 Å². The molecule has 0 spiro atoms. The molecule has 1 N–H and O–H groups in total. The third-order valence-electron chi connectivity index (χ3n) is 2.97. The predicted molar refractivity (Wildman–Crippen MR) is 61.9 cm³/mol. The van der Waals surface area contributed by atoms with Crippen molar-refractivity contribution in [1.82, 2.24) is 14.9 Å². The van der Waals surface area contributed by atoms with Crippen molar-refractivity contribution in [3.63, 3.8) is 0 Å². The third-order valence-corrected chi connectivity index (χ3v) is 2.97. The topological polar surface area (TPSA) is 29.9 Å². The lowest BCUT2D eigenvalue weighted by atomic mass is 10.1. The van der Waals surface area contributed by atoms with Crippen molar-refractivity contribution in [2.45, 2.75) is 46.2 Å². The Hall–Kier alpha value is -0.830. The number of aromatic nitrogens is 2. The number of rotatable bonds is 4. The van der Waals surface area contributed by atoms with Crippen LogP contribution in [0.15, 0.2) is 0 Å². The number of hydrogen-bond acceptors (Lipinski definition) is 2. The Morgan fingerprint density at radius 3 is 2.93 bits per heavy atom. The highest BCUT2D eigenvalue weighted by molar-refractivity contribution is 5.21. The first-order chi connectivity index (χ1) is 7.22. The van der Waals surface area contributed by atoms with E-state index in [1.165, 1.54) is 30.1 Å². The second-order valence-electron chi connectivity index (χ2n) is 4.80. The molecule has 1 aromatic heterocycles. The van der Waals surface area contributed by atoms with E-state index in [1.807, 2.05) is 7.05 Å². The maximum Gasteiger partial charge on any atom is 0.123 e. The normalized spacial score (nSPS) is 14.9. The van der Waals surface area contributed by atoms with Crippen LogP contribution in [0.1, 0.15) is 37.5 Å². The lowest BCUT2D eigenvalue weighted by molar-refractivity contribution is 0.628. The summed E-state index contributed by atoms with van der Waals surface area (Å²) in [4.78, 5) is 4.76. The highest BCUT2D eigenvalue weighted by Gasteiger charge is 2.20. The molecular weight excluding hydrogens is 186 g/mol. The van der Waals surface area contributed by atoms with Gasteiger partial charge in [-0.15, -0.1) is 0 Å². The molecule has 0 radical (unpaired) electrons.